The Kier molecular flexibility index (Phi) is 3.36. The summed E-state index contributed by atoms with van der Waals surface area (Å²) in [4.78, 5) is 0. The maximum atomic E-state index is 6.44. The molecule has 0 radical (unpaired) electrons. The first-order valence-electron chi connectivity index (χ1n) is 7.09. The van der Waals surface area contributed by atoms with Crippen molar-refractivity contribution in [3.63, 3.8) is 0 Å². The lowest BCUT2D eigenvalue weighted by molar-refractivity contribution is 0.0561. The molecule has 2 saturated carbocycles. The molecule has 104 valence electrons. The second-order valence-electron chi connectivity index (χ2n) is 7.08. The van der Waals surface area contributed by atoms with E-state index in [1.807, 2.05) is 12.1 Å². The van der Waals surface area contributed by atoms with Crippen molar-refractivity contribution in [1.82, 2.24) is 5.32 Å². The van der Waals surface area contributed by atoms with Crippen molar-refractivity contribution in [2.45, 2.75) is 51.0 Å². The van der Waals surface area contributed by atoms with Gasteiger partial charge in [0, 0.05) is 28.0 Å². The summed E-state index contributed by atoms with van der Waals surface area (Å²) < 4.78 is 0. The van der Waals surface area contributed by atoms with Gasteiger partial charge in [-0.1, -0.05) is 43.1 Å². The molecule has 2 aliphatic carbocycles. The molecule has 1 N–H and O–H groups in total. The molecule has 0 amide bonds. The van der Waals surface area contributed by atoms with E-state index < -0.39 is 0 Å². The van der Waals surface area contributed by atoms with Gasteiger partial charge in [-0.3, -0.25) is 0 Å². The van der Waals surface area contributed by atoms with Crippen LogP contribution in [0.4, 0.5) is 0 Å². The summed E-state index contributed by atoms with van der Waals surface area (Å²) in [5.41, 5.74) is 1.90. The first-order valence-corrected chi connectivity index (χ1v) is 7.85. The van der Waals surface area contributed by atoms with E-state index in [0.29, 0.717) is 5.41 Å². The molecule has 3 heteroatoms. The molecule has 0 spiro atoms. The monoisotopic (exact) mass is 297 g/mol. The van der Waals surface area contributed by atoms with Crippen LogP contribution in [0.1, 0.15) is 45.1 Å². The largest absolute Gasteiger partial charge is 0.313 e. The normalized spacial score (nSPS) is 24.0. The zero-order valence-electron chi connectivity index (χ0n) is 11.6. The molecular formula is C16H21Cl2N. The van der Waals surface area contributed by atoms with Crippen molar-refractivity contribution in [2.75, 3.05) is 6.54 Å². The van der Waals surface area contributed by atoms with Crippen LogP contribution in [-0.2, 0) is 5.41 Å². The third-order valence-electron chi connectivity index (χ3n) is 4.44. The molecular weight excluding hydrogens is 277 g/mol. The first-order chi connectivity index (χ1) is 8.90. The summed E-state index contributed by atoms with van der Waals surface area (Å²) in [5.74, 6) is 0. The molecule has 0 bridgehead atoms. The minimum atomic E-state index is 0.202. The van der Waals surface area contributed by atoms with Crippen LogP contribution in [0.3, 0.4) is 0 Å². The number of rotatable bonds is 4. The van der Waals surface area contributed by atoms with Crippen molar-refractivity contribution >= 4 is 23.2 Å². The highest BCUT2D eigenvalue weighted by Crippen LogP contribution is 2.56. The van der Waals surface area contributed by atoms with Crippen LogP contribution in [0.2, 0.25) is 10.0 Å². The summed E-state index contributed by atoms with van der Waals surface area (Å²) in [5, 5.41) is 5.23. The smallest absolute Gasteiger partial charge is 0.0458 e. The molecule has 3 rings (SSSR count). The SMILES string of the molecule is CC1(C)CC(CNC2CC2)(c2ccc(Cl)cc2Cl)C1. The van der Waals surface area contributed by atoms with E-state index >= 15 is 0 Å². The van der Waals surface area contributed by atoms with E-state index in [1.54, 1.807) is 0 Å². The van der Waals surface area contributed by atoms with Crippen LogP contribution in [0.5, 0.6) is 0 Å². The minimum Gasteiger partial charge on any atom is -0.313 e. The standard InChI is InChI=1S/C16H21Cl2N/c1-15(2)8-16(9-15,10-19-12-4-5-12)13-6-3-11(17)7-14(13)18/h3,6-7,12,19H,4-5,8-10H2,1-2H3. The second kappa shape index (κ2) is 4.65. The molecule has 19 heavy (non-hydrogen) atoms. The fourth-order valence-electron chi connectivity index (χ4n) is 3.74. The van der Waals surface area contributed by atoms with Gasteiger partial charge in [0.2, 0.25) is 0 Å². The third-order valence-corrected chi connectivity index (χ3v) is 4.99. The summed E-state index contributed by atoms with van der Waals surface area (Å²) >= 11 is 12.5. The van der Waals surface area contributed by atoms with Crippen LogP contribution in [0, 0.1) is 5.41 Å². The molecule has 1 aromatic carbocycles. The van der Waals surface area contributed by atoms with Gasteiger partial charge < -0.3 is 5.32 Å². The number of nitrogens with one attached hydrogen (secondary N) is 1. The fourth-order valence-corrected chi connectivity index (χ4v) is 4.35. The fraction of sp³-hybridized carbons (Fsp3) is 0.625. The zero-order chi connectivity index (χ0) is 13.7. The predicted octanol–water partition coefficient (Wildman–Crippen LogP) is 4.80. The average Bonchev–Trinajstić information content (AvgIpc) is 3.06. The van der Waals surface area contributed by atoms with Crippen molar-refractivity contribution in [3.05, 3.63) is 33.8 Å². The van der Waals surface area contributed by atoms with Crippen LogP contribution in [0.25, 0.3) is 0 Å². The number of benzene rings is 1. The lowest BCUT2D eigenvalue weighted by atomic mass is 9.52. The Morgan fingerprint density at radius 1 is 1.21 bits per heavy atom. The van der Waals surface area contributed by atoms with Crippen LogP contribution >= 0.6 is 23.2 Å². The molecule has 1 aromatic rings. The highest BCUT2D eigenvalue weighted by molar-refractivity contribution is 6.35. The van der Waals surface area contributed by atoms with Gasteiger partial charge >= 0.3 is 0 Å². The zero-order valence-corrected chi connectivity index (χ0v) is 13.1. The predicted molar refractivity (Wildman–Crippen MR) is 82.2 cm³/mol. The maximum absolute atomic E-state index is 6.44. The summed E-state index contributed by atoms with van der Waals surface area (Å²) in [7, 11) is 0. The molecule has 0 aliphatic heterocycles. The quantitative estimate of drug-likeness (QED) is 0.841. The van der Waals surface area contributed by atoms with E-state index in [4.69, 9.17) is 23.2 Å². The number of halogens is 2. The Morgan fingerprint density at radius 3 is 2.42 bits per heavy atom. The van der Waals surface area contributed by atoms with E-state index in [1.165, 1.54) is 31.2 Å². The van der Waals surface area contributed by atoms with Crippen molar-refractivity contribution < 1.29 is 0 Å². The molecule has 0 heterocycles. The van der Waals surface area contributed by atoms with Crippen molar-refractivity contribution in [1.29, 1.82) is 0 Å². The Balaban J connectivity index is 1.85. The van der Waals surface area contributed by atoms with Gasteiger partial charge in [0.1, 0.15) is 0 Å². The topological polar surface area (TPSA) is 12.0 Å². The highest BCUT2D eigenvalue weighted by atomic mass is 35.5. The van der Waals surface area contributed by atoms with E-state index in [2.05, 4.69) is 25.2 Å². The Morgan fingerprint density at radius 2 is 1.89 bits per heavy atom. The Hall–Kier alpha value is -0.240. The van der Waals surface area contributed by atoms with Crippen LogP contribution in [-0.4, -0.2) is 12.6 Å². The van der Waals surface area contributed by atoms with Gasteiger partial charge in [-0.05, 0) is 48.8 Å². The summed E-state index contributed by atoms with van der Waals surface area (Å²) in [6.07, 6.45) is 5.05. The Bertz CT molecular complexity index is 484. The molecule has 2 aliphatic rings. The Labute approximate surface area is 125 Å². The molecule has 0 atom stereocenters. The summed E-state index contributed by atoms with van der Waals surface area (Å²) in [6, 6.07) is 6.70. The van der Waals surface area contributed by atoms with Gasteiger partial charge in [-0.2, -0.15) is 0 Å². The van der Waals surface area contributed by atoms with Gasteiger partial charge in [-0.25, -0.2) is 0 Å². The molecule has 1 nitrogen and oxygen atoms in total. The maximum Gasteiger partial charge on any atom is 0.0458 e. The number of hydrogen-bond donors (Lipinski definition) is 1. The van der Waals surface area contributed by atoms with Gasteiger partial charge in [-0.15, -0.1) is 0 Å². The van der Waals surface area contributed by atoms with Gasteiger partial charge in [0.05, 0.1) is 0 Å². The van der Waals surface area contributed by atoms with Gasteiger partial charge in [0.25, 0.3) is 0 Å². The lowest BCUT2D eigenvalue weighted by Gasteiger charge is -2.54. The van der Waals surface area contributed by atoms with E-state index in [0.717, 1.165) is 22.6 Å². The average molecular weight is 298 g/mol. The van der Waals surface area contributed by atoms with E-state index in [9.17, 15) is 0 Å². The van der Waals surface area contributed by atoms with Crippen LogP contribution < -0.4 is 5.32 Å². The van der Waals surface area contributed by atoms with E-state index in [-0.39, 0.29) is 5.41 Å². The summed E-state index contributed by atoms with van der Waals surface area (Å²) in [6.45, 7) is 5.72. The third kappa shape index (κ3) is 2.79. The van der Waals surface area contributed by atoms with Crippen LogP contribution in [0.15, 0.2) is 18.2 Å². The number of hydrogen-bond acceptors (Lipinski definition) is 1. The first kappa shape index (κ1) is 13.7. The van der Waals surface area contributed by atoms with Crippen molar-refractivity contribution in [2.24, 2.45) is 5.41 Å². The molecule has 0 unspecified atom stereocenters. The second-order valence-corrected chi connectivity index (χ2v) is 7.92. The molecule has 2 fully saturated rings. The molecule has 0 saturated heterocycles. The van der Waals surface area contributed by atoms with Crippen molar-refractivity contribution in [3.8, 4) is 0 Å². The van der Waals surface area contributed by atoms with Gasteiger partial charge in [0.15, 0.2) is 0 Å². The highest BCUT2D eigenvalue weighted by Gasteiger charge is 2.51. The minimum absolute atomic E-state index is 0.202. The lowest BCUT2D eigenvalue weighted by Crippen LogP contribution is -2.53. The molecule has 0 aromatic heterocycles.